The Morgan fingerprint density at radius 3 is 2.56 bits per heavy atom. The summed E-state index contributed by atoms with van der Waals surface area (Å²) >= 11 is 0. The zero-order chi connectivity index (χ0) is 13.0. The molecule has 0 bridgehead atoms. The van der Waals surface area contributed by atoms with Crippen LogP contribution in [0, 0.1) is 5.92 Å². The van der Waals surface area contributed by atoms with Crippen molar-refractivity contribution in [1.29, 1.82) is 0 Å². The van der Waals surface area contributed by atoms with Crippen molar-refractivity contribution in [2.45, 2.75) is 31.8 Å². The van der Waals surface area contributed by atoms with Crippen molar-refractivity contribution >= 4 is 5.91 Å². The van der Waals surface area contributed by atoms with Gasteiger partial charge < -0.3 is 15.6 Å². The number of aliphatic hydroxyl groups excluding tert-OH is 1. The maximum absolute atomic E-state index is 11.3. The first kappa shape index (κ1) is 12.9. The van der Waals surface area contributed by atoms with Crippen LogP contribution >= 0.6 is 0 Å². The van der Waals surface area contributed by atoms with E-state index in [0.717, 1.165) is 25.7 Å². The van der Waals surface area contributed by atoms with Gasteiger partial charge in [-0.25, -0.2) is 0 Å². The highest BCUT2D eigenvalue weighted by atomic mass is 16.5. The summed E-state index contributed by atoms with van der Waals surface area (Å²) in [5, 5.41) is 9.08. The summed E-state index contributed by atoms with van der Waals surface area (Å²) < 4.78 is 5.86. The molecule has 1 aromatic rings. The fourth-order valence-electron chi connectivity index (χ4n) is 2.38. The monoisotopic (exact) mass is 249 g/mol. The number of carbonyl (C=O) groups is 1. The van der Waals surface area contributed by atoms with Gasteiger partial charge in [-0.05, 0) is 43.7 Å². The van der Waals surface area contributed by atoms with E-state index in [1.807, 2.05) is 6.07 Å². The molecule has 0 aliphatic heterocycles. The summed E-state index contributed by atoms with van der Waals surface area (Å²) in [4.78, 5) is 11.3. The number of hydrogen-bond donors (Lipinski definition) is 2. The van der Waals surface area contributed by atoms with E-state index in [1.165, 1.54) is 0 Å². The van der Waals surface area contributed by atoms with Crippen molar-refractivity contribution in [3.63, 3.8) is 0 Å². The maximum Gasteiger partial charge on any atom is 0.252 e. The van der Waals surface area contributed by atoms with Crippen molar-refractivity contribution in [3.05, 3.63) is 29.8 Å². The number of para-hydroxylation sites is 1. The van der Waals surface area contributed by atoms with Crippen LogP contribution in [-0.4, -0.2) is 23.7 Å². The predicted octanol–water partition coefficient (Wildman–Crippen LogP) is 1.72. The predicted molar refractivity (Wildman–Crippen MR) is 68.4 cm³/mol. The SMILES string of the molecule is NC(=O)c1ccccc1OC1CCC(CO)CC1. The van der Waals surface area contributed by atoms with Crippen molar-refractivity contribution in [2.75, 3.05) is 6.61 Å². The maximum atomic E-state index is 11.3. The molecule has 0 unspecified atom stereocenters. The highest BCUT2D eigenvalue weighted by molar-refractivity contribution is 5.95. The van der Waals surface area contributed by atoms with Crippen molar-refractivity contribution in [2.24, 2.45) is 11.7 Å². The molecule has 0 aromatic heterocycles. The van der Waals surface area contributed by atoms with E-state index in [2.05, 4.69) is 0 Å². The fraction of sp³-hybridized carbons (Fsp3) is 0.500. The molecule has 1 saturated carbocycles. The lowest BCUT2D eigenvalue weighted by Gasteiger charge is -2.28. The molecule has 1 fully saturated rings. The van der Waals surface area contributed by atoms with Crippen LogP contribution in [0.2, 0.25) is 0 Å². The Morgan fingerprint density at radius 2 is 1.94 bits per heavy atom. The molecule has 0 spiro atoms. The van der Waals surface area contributed by atoms with Gasteiger partial charge in [-0.2, -0.15) is 0 Å². The van der Waals surface area contributed by atoms with Crippen molar-refractivity contribution < 1.29 is 14.6 Å². The summed E-state index contributed by atoms with van der Waals surface area (Å²) in [7, 11) is 0. The van der Waals surface area contributed by atoms with Crippen LogP contribution in [0.1, 0.15) is 36.0 Å². The first-order chi connectivity index (χ1) is 8.70. The molecule has 1 amide bonds. The minimum absolute atomic E-state index is 0.119. The molecular formula is C14H19NO3. The standard InChI is InChI=1S/C14H19NO3/c15-14(17)12-3-1-2-4-13(12)18-11-7-5-10(9-16)6-8-11/h1-4,10-11,16H,5-9H2,(H2,15,17). The molecule has 4 nitrogen and oxygen atoms in total. The number of amides is 1. The van der Waals surface area contributed by atoms with Gasteiger partial charge in [-0.1, -0.05) is 12.1 Å². The third-order valence-corrected chi connectivity index (χ3v) is 3.50. The fourth-order valence-corrected chi connectivity index (χ4v) is 2.38. The number of hydrogen-bond acceptors (Lipinski definition) is 3. The zero-order valence-corrected chi connectivity index (χ0v) is 10.3. The van der Waals surface area contributed by atoms with Gasteiger partial charge in [-0.15, -0.1) is 0 Å². The van der Waals surface area contributed by atoms with E-state index in [0.29, 0.717) is 17.2 Å². The van der Waals surface area contributed by atoms with Gasteiger partial charge in [0.2, 0.25) is 0 Å². The van der Waals surface area contributed by atoms with Crippen LogP contribution < -0.4 is 10.5 Å². The number of nitrogens with two attached hydrogens (primary N) is 1. The molecular weight excluding hydrogens is 230 g/mol. The summed E-state index contributed by atoms with van der Waals surface area (Å²) in [6.07, 6.45) is 3.89. The summed E-state index contributed by atoms with van der Waals surface area (Å²) in [5.41, 5.74) is 5.74. The minimum atomic E-state index is -0.463. The Balaban J connectivity index is 2.00. The number of primary amides is 1. The van der Waals surface area contributed by atoms with E-state index >= 15 is 0 Å². The Hall–Kier alpha value is -1.55. The second-order valence-corrected chi connectivity index (χ2v) is 4.80. The van der Waals surface area contributed by atoms with Crippen LogP contribution in [0.4, 0.5) is 0 Å². The Labute approximate surface area is 107 Å². The average molecular weight is 249 g/mol. The number of ether oxygens (including phenoxy) is 1. The van der Waals surface area contributed by atoms with E-state index in [4.69, 9.17) is 15.6 Å². The highest BCUT2D eigenvalue weighted by Crippen LogP contribution is 2.28. The molecule has 18 heavy (non-hydrogen) atoms. The first-order valence-electron chi connectivity index (χ1n) is 6.37. The summed E-state index contributed by atoms with van der Waals surface area (Å²) in [6.45, 7) is 0.255. The largest absolute Gasteiger partial charge is 0.490 e. The van der Waals surface area contributed by atoms with E-state index < -0.39 is 5.91 Å². The Bertz CT molecular complexity index is 411. The van der Waals surface area contributed by atoms with Gasteiger partial charge in [0, 0.05) is 6.61 Å². The van der Waals surface area contributed by atoms with Gasteiger partial charge in [0.25, 0.3) is 5.91 Å². The Kier molecular flexibility index (Phi) is 4.20. The van der Waals surface area contributed by atoms with Crippen LogP contribution in [0.3, 0.4) is 0 Å². The number of aliphatic hydroxyl groups is 1. The lowest BCUT2D eigenvalue weighted by Crippen LogP contribution is -2.26. The molecule has 0 heterocycles. The molecule has 98 valence electrons. The van der Waals surface area contributed by atoms with Gasteiger partial charge >= 0.3 is 0 Å². The highest BCUT2D eigenvalue weighted by Gasteiger charge is 2.22. The average Bonchev–Trinajstić information content (AvgIpc) is 2.40. The zero-order valence-electron chi connectivity index (χ0n) is 10.3. The van der Waals surface area contributed by atoms with E-state index in [1.54, 1.807) is 18.2 Å². The minimum Gasteiger partial charge on any atom is -0.490 e. The van der Waals surface area contributed by atoms with Crippen molar-refractivity contribution in [1.82, 2.24) is 0 Å². The first-order valence-corrected chi connectivity index (χ1v) is 6.37. The molecule has 1 aliphatic rings. The summed E-state index contributed by atoms with van der Waals surface area (Å²) in [5.74, 6) is 0.503. The van der Waals surface area contributed by atoms with E-state index in [-0.39, 0.29) is 12.7 Å². The normalized spacial score (nSPS) is 23.6. The molecule has 0 radical (unpaired) electrons. The quantitative estimate of drug-likeness (QED) is 0.853. The Morgan fingerprint density at radius 1 is 1.28 bits per heavy atom. The second kappa shape index (κ2) is 5.87. The van der Waals surface area contributed by atoms with Crippen LogP contribution in [0.15, 0.2) is 24.3 Å². The molecule has 0 saturated heterocycles. The van der Waals surface area contributed by atoms with E-state index in [9.17, 15) is 4.79 Å². The third-order valence-electron chi connectivity index (χ3n) is 3.50. The van der Waals surface area contributed by atoms with Crippen LogP contribution in [-0.2, 0) is 0 Å². The molecule has 1 aliphatic carbocycles. The van der Waals surface area contributed by atoms with Gasteiger partial charge in [-0.3, -0.25) is 4.79 Å². The molecule has 4 heteroatoms. The molecule has 1 aromatic carbocycles. The van der Waals surface area contributed by atoms with Crippen LogP contribution in [0.5, 0.6) is 5.75 Å². The van der Waals surface area contributed by atoms with Crippen molar-refractivity contribution in [3.8, 4) is 5.75 Å². The number of carbonyl (C=O) groups excluding carboxylic acids is 1. The lowest BCUT2D eigenvalue weighted by atomic mass is 9.88. The molecule has 2 rings (SSSR count). The number of rotatable bonds is 4. The lowest BCUT2D eigenvalue weighted by molar-refractivity contribution is 0.0953. The summed E-state index contributed by atoms with van der Waals surface area (Å²) in [6, 6.07) is 7.06. The topological polar surface area (TPSA) is 72.6 Å². The van der Waals surface area contributed by atoms with Gasteiger partial charge in [0.05, 0.1) is 11.7 Å². The third kappa shape index (κ3) is 3.01. The van der Waals surface area contributed by atoms with Crippen LogP contribution in [0.25, 0.3) is 0 Å². The smallest absolute Gasteiger partial charge is 0.252 e. The second-order valence-electron chi connectivity index (χ2n) is 4.80. The molecule has 3 N–H and O–H groups in total. The van der Waals surface area contributed by atoms with Gasteiger partial charge in [0.15, 0.2) is 0 Å². The van der Waals surface area contributed by atoms with Gasteiger partial charge in [0.1, 0.15) is 5.75 Å². The molecule has 0 atom stereocenters. The number of benzene rings is 1.